The Labute approximate surface area is 186 Å². The summed E-state index contributed by atoms with van der Waals surface area (Å²) < 4.78 is 0. The molecular formula is C24H29N3O3S. The van der Waals surface area contributed by atoms with Crippen LogP contribution in [-0.2, 0) is 21.4 Å². The Morgan fingerprint density at radius 3 is 2.55 bits per heavy atom. The Balaban J connectivity index is 1.23. The number of carbonyl (C=O) groups is 2. The van der Waals surface area contributed by atoms with Crippen LogP contribution in [0.5, 0.6) is 0 Å². The van der Waals surface area contributed by atoms with E-state index in [0.717, 1.165) is 18.3 Å². The number of hydroxylamine groups is 1. The Bertz CT molecular complexity index is 959. The number of hydrogen-bond acceptors (Lipinski definition) is 5. The third kappa shape index (κ3) is 4.13. The number of amides is 2. The van der Waals surface area contributed by atoms with Gasteiger partial charge in [0.15, 0.2) is 5.13 Å². The van der Waals surface area contributed by atoms with Crippen LogP contribution in [0, 0.1) is 17.3 Å². The van der Waals surface area contributed by atoms with Crippen LogP contribution in [0.25, 0.3) is 0 Å². The van der Waals surface area contributed by atoms with Crippen molar-refractivity contribution in [3.8, 4) is 0 Å². The zero-order valence-electron chi connectivity index (χ0n) is 17.6. The molecule has 4 bridgehead atoms. The lowest BCUT2D eigenvalue weighted by atomic mass is 9.42. The normalized spacial score (nSPS) is 30.9. The topological polar surface area (TPSA) is 91.3 Å². The van der Waals surface area contributed by atoms with Crippen molar-refractivity contribution < 1.29 is 14.8 Å². The molecule has 7 heteroatoms. The van der Waals surface area contributed by atoms with Crippen molar-refractivity contribution in [1.82, 2.24) is 10.5 Å². The summed E-state index contributed by atoms with van der Waals surface area (Å²) in [6.45, 7) is 0. The SMILES string of the molecule is O=C(Cc1csc(NC(=O)CCC23CC4CC(C2)CC(c2ccccc2)(C4)C3)n1)NO. The van der Waals surface area contributed by atoms with Gasteiger partial charge in [0.1, 0.15) is 0 Å². The highest BCUT2D eigenvalue weighted by atomic mass is 32.1. The minimum Gasteiger partial charge on any atom is -0.302 e. The molecule has 6 rings (SSSR count). The van der Waals surface area contributed by atoms with Gasteiger partial charge in [0.2, 0.25) is 11.8 Å². The molecule has 4 aliphatic rings. The Hall–Kier alpha value is -2.25. The van der Waals surface area contributed by atoms with Crippen LogP contribution in [0.3, 0.4) is 0 Å². The molecule has 0 radical (unpaired) electrons. The zero-order chi connectivity index (χ0) is 21.5. The van der Waals surface area contributed by atoms with Gasteiger partial charge >= 0.3 is 0 Å². The summed E-state index contributed by atoms with van der Waals surface area (Å²) in [7, 11) is 0. The molecule has 31 heavy (non-hydrogen) atoms. The van der Waals surface area contributed by atoms with E-state index in [9.17, 15) is 9.59 Å². The summed E-state index contributed by atoms with van der Waals surface area (Å²) in [6.07, 6.45) is 9.17. The quantitative estimate of drug-likeness (QED) is 0.439. The molecule has 0 saturated heterocycles. The molecule has 1 heterocycles. The predicted molar refractivity (Wildman–Crippen MR) is 119 cm³/mol. The first-order chi connectivity index (χ1) is 15.0. The maximum Gasteiger partial charge on any atom is 0.249 e. The molecular weight excluding hydrogens is 410 g/mol. The van der Waals surface area contributed by atoms with Gasteiger partial charge in [0.25, 0.3) is 0 Å². The number of thiazole rings is 1. The summed E-state index contributed by atoms with van der Waals surface area (Å²) in [6, 6.07) is 11.1. The molecule has 4 aliphatic carbocycles. The number of nitrogens with one attached hydrogen (secondary N) is 2. The average Bonchev–Trinajstić information content (AvgIpc) is 3.18. The number of benzene rings is 1. The highest BCUT2D eigenvalue weighted by molar-refractivity contribution is 7.13. The number of rotatable bonds is 7. The third-order valence-electron chi connectivity index (χ3n) is 7.72. The molecule has 1 aromatic heterocycles. The Morgan fingerprint density at radius 2 is 1.84 bits per heavy atom. The second kappa shape index (κ2) is 8.02. The number of carbonyl (C=O) groups excluding carboxylic acids is 2. The van der Waals surface area contributed by atoms with Crippen LogP contribution in [0.1, 0.15) is 62.6 Å². The Morgan fingerprint density at radius 1 is 1.10 bits per heavy atom. The molecule has 3 N–H and O–H groups in total. The summed E-state index contributed by atoms with van der Waals surface area (Å²) in [4.78, 5) is 28.2. The van der Waals surface area contributed by atoms with Crippen molar-refractivity contribution in [2.45, 2.75) is 63.2 Å². The lowest BCUT2D eigenvalue weighted by molar-refractivity contribution is -0.128. The van der Waals surface area contributed by atoms with Gasteiger partial charge in [-0.05, 0) is 73.2 Å². The standard InChI is InChI=1S/C24H29N3O3S/c28-20(26-22-25-19(14-31-22)9-21(29)27-30)6-7-23-10-16-8-17(11-23)13-24(12-16,15-23)18-4-2-1-3-5-18/h1-5,14,16-17,30H,6-13,15H2,(H,27,29)(H,25,26,28). The van der Waals surface area contributed by atoms with Crippen molar-refractivity contribution in [3.05, 3.63) is 47.0 Å². The number of nitrogens with zero attached hydrogens (tertiary/aromatic N) is 1. The number of aromatic nitrogens is 1. The highest BCUT2D eigenvalue weighted by Crippen LogP contribution is 2.67. The van der Waals surface area contributed by atoms with E-state index in [1.807, 2.05) is 0 Å². The van der Waals surface area contributed by atoms with E-state index in [1.54, 1.807) is 10.9 Å². The van der Waals surface area contributed by atoms with Crippen molar-refractivity contribution in [2.75, 3.05) is 5.32 Å². The molecule has 0 aliphatic heterocycles. The van der Waals surface area contributed by atoms with Gasteiger partial charge < -0.3 is 5.32 Å². The minimum atomic E-state index is -0.516. The van der Waals surface area contributed by atoms with Crippen LogP contribution in [0.4, 0.5) is 5.13 Å². The largest absolute Gasteiger partial charge is 0.302 e. The molecule has 1 aromatic carbocycles. The van der Waals surface area contributed by atoms with Crippen LogP contribution in [0.15, 0.2) is 35.7 Å². The fourth-order valence-electron chi connectivity index (χ4n) is 7.08. The molecule has 2 amide bonds. The van der Waals surface area contributed by atoms with Crippen molar-refractivity contribution in [3.63, 3.8) is 0 Å². The van der Waals surface area contributed by atoms with E-state index in [4.69, 9.17) is 5.21 Å². The van der Waals surface area contributed by atoms with Crippen LogP contribution < -0.4 is 10.8 Å². The number of anilines is 1. The minimum absolute atomic E-state index is 0.00276. The molecule has 0 spiro atoms. The second-order valence-corrected chi connectivity index (χ2v) is 10.9. The third-order valence-corrected chi connectivity index (χ3v) is 8.52. The van der Waals surface area contributed by atoms with E-state index in [2.05, 4.69) is 40.6 Å². The summed E-state index contributed by atoms with van der Waals surface area (Å²) in [5, 5.41) is 13.8. The molecule has 4 fully saturated rings. The van der Waals surface area contributed by atoms with E-state index in [1.165, 1.54) is 55.4 Å². The van der Waals surface area contributed by atoms with Gasteiger partial charge in [-0.2, -0.15) is 0 Å². The molecule has 2 unspecified atom stereocenters. The molecule has 6 nitrogen and oxygen atoms in total. The van der Waals surface area contributed by atoms with E-state index in [0.29, 0.717) is 22.7 Å². The first-order valence-electron chi connectivity index (χ1n) is 11.2. The fraction of sp³-hybridized carbons (Fsp3) is 0.542. The smallest absolute Gasteiger partial charge is 0.249 e. The molecule has 4 saturated carbocycles. The van der Waals surface area contributed by atoms with Crippen LogP contribution >= 0.6 is 11.3 Å². The van der Waals surface area contributed by atoms with Crippen LogP contribution in [0.2, 0.25) is 0 Å². The maximum absolute atomic E-state index is 12.7. The van der Waals surface area contributed by atoms with Gasteiger partial charge in [0.05, 0.1) is 12.1 Å². The molecule has 2 aromatic rings. The summed E-state index contributed by atoms with van der Waals surface area (Å²) in [5.41, 5.74) is 4.23. The molecule has 164 valence electrons. The monoisotopic (exact) mass is 439 g/mol. The van der Waals surface area contributed by atoms with E-state index >= 15 is 0 Å². The molecule has 2 atom stereocenters. The predicted octanol–water partition coefficient (Wildman–Crippen LogP) is 4.45. The summed E-state index contributed by atoms with van der Waals surface area (Å²) >= 11 is 1.31. The number of hydrogen-bond donors (Lipinski definition) is 3. The Kier molecular flexibility index (Phi) is 5.34. The van der Waals surface area contributed by atoms with Crippen molar-refractivity contribution in [1.29, 1.82) is 0 Å². The van der Waals surface area contributed by atoms with Gasteiger partial charge in [0, 0.05) is 11.8 Å². The van der Waals surface area contributed by atoms with E-state index < -0.39 is 5.91 Å². The zero-order valence-corrected chi connectivity index (χ0v) is 18.4. The fourth-order valence-corrected chi connectivity index (χ4v) is 7.81. The van der Waals surface area contributed by atoms with Crippen LogP contribution in [-0.4, -0.2) is 22.0 Å². The first-order valence-corrected chi connectivity index (χ1v) is 12.1. The second-order valence-electron chi connectivity index (χ2n) is 10.0. The van der Waals surface area contributed by atoms with Gasteiger partial charge in [-0.25, -0.2) is 10.5 Å². The maximum atomic E-state index is 12.7. The average molecular weight is 440 g/mol. The van der Waals surface area contributed by atoms with Gasteiger partial charge in [-0.15, -0.1) is 11.3 Å². The van der Waals surface area contributed by atoms with E-state index in [-0.39, 0.29) is 17.7 Å². The first kappa shape index (κ1) is 20.6. The van der Waals surface area contributed by atoms with Crippen molar-refractivity contribution in [2.24, 2.45) is 17.3 Å². The lowest BCUT2D eigenvalue weighted by Crippen LogP contribution is -2.54. The van der Waals surface area contributed by atoms with Crippen molar-refractivity contribution >= 4 is 28.3 Å². The summed E-state index contributed by atoms with van der Waals surface area (Å²) in [5.74, 6) is 1.07. The highest BCUT2D eigenvalue weighted by Gasteiger charge is 2.57. The van der Waals surface area contributed by atoms with Gasteiger partial charge in [-0.1, -0.05) is 30.3 Å². The van der Waals surface area contributed by atoms with Gasteiger partial charge in [-0.3, -0.25) is 14.8 Å². The lowest BCUT2D eigenvalue weighted by Gasteiger charge is -2.62.